The Morgan fingerprint density at radius 1 is 1.00 bits per heavy atom. The number of rotatable bonds is 4. The van der Waals surface area contributed by atoms with Gasteiger partial charge in [0.15, 0.2) is 0 Å². The van der Waals surface area contributed by atoms with Crippen molar-refractivity contribution in [2.24, 2.45) is 5.92 Å². The fraction of sp³-hybridized carbons (Fsp3) is 0.588. The van der Waals surface area contributed by atoms with Crippen molar-refractivity contribution in [3.8, 4) is 0 Å². The van der Waals surface area contributed by atoms with Crippen molar-refractivity contribution in [1.29, 1.82) is 0 Å². The molecule has 2 rings (SSSR count). The highest BCUT2D eigenvalue weighted by molar-refractivity contribution is 7.89. The highest BCUT2D eigenvalue weighted by Gasteiger charge is 2.25. The van der Waals surface area contributed by atoms with Crippen molar-refractivity contribution in [3.63, 3.8) is 0 Å². The van der Waals surface area contributed by atoms with E-state index in [-0.39, 0.29) is 16.7 Å². The van der Waals surface area contributed by atoms with Crippen LogP contribution in [-0.4, -0.2) is 14.3 Å². The molecule has 0 atom stereocenters. The maximum absolute atomic E-state index is 12.6. The molecular formula is C17H26N2O3S. The zero-order chi connectivity index (χ0) is 17.2. The van der Waals surface area contributed by atoms with Crippen molar-refractivity contribution in [2.75, 3.05) is 0 Å². The third-order valence-electron chi connectivity index (χ3n) is 4.85. The summed E-state index contributed by atoms with van der Waals surface area (Å²) in [5, 5.41) is 0. The molecule has 1 aliphatic carbocycles. The molecule has 5 nitrogen and oxygen atoms in total. The van der Waals surface area contributed by atoms with Gasteiger partial charge in [0.25, 0.3) is 10.0 Å². The Morgan fingerprint density at radius 3 is 2.04 bits per heavy atom. The Bertz CT molecular complexity index is 679. The van der Waals surface area contributed by atoms with Gasteiger partial charge in [-0.1, -0.05) is 25.3 Å². The van der Waals surface area contributed by atoms with E-state index >= 15 is 0 Å². The highest BCUT2D eigenvalue weighted by Crippen LogP contribution is 2.26. The van der Waals surface area contributed by atoms with E-state index in [1.807, 2.05) is 19.9 Å². The Labute approximate surface area is 138 Å². The minimum absolute atomic E-state index is 0.0899. The molecule has 0 spiro atoms. The number of carbonyl (C=O) groups excluding carboxylic acids is 1. The maximum Gasteiger partial charge on any atom is 0.257 e. The summed E-state index contributed by atoms with van der Waals surface area (Å²) in [6, 6.07) is 1.98. The van der Waals surface area contributed by atoms with Crippen LogP contribution in [0.5, 0.6) is 0 Å². The van der Waals surface area contributed by atoms with Gasteiger partial charge in [0.05, 0.1) is 4.90 Å². The molecule has 1 aromatic carbocycles. The van der Waals surface area contributed by atoms with E-state index in [9.17, 15) is 13.2 Å². The van der Waals surface area contributed by atoms with Gasteiger partial charge in [0, 0.05) is 5.92 Å². The Morgan fingerprint density at radius 2 is 1.52 bits per heavy atom. The van der Waals surface area contributed by atoms with Crippen LogP contribution in [-0.2, 0) is 14.8 Å². The van der Waals surface area contributed by atoms with Gasteiger partial charge in [0.1, 0.15) is 0 Å². The van der Waals surface area contributed by atoms with Crippen molar-refractivity contribution in [3.05, 3.63) is 28.3 Å². The summed E-state index contributed by atoms with van der Waals surface area (Å²) in [6.07, 6.45) is 4.86. The molecule has 128 valence electrons. The summed E-state index contributed by atoms with van der Waals surface area (Å²) in [5.41, 5.74) is 5.68. The van der Waals surface area contributed by atoms with Gasteiger partial charge in [-0.25, -0.2) is 8.42 Å². The average Bonchev–Trinajstić information content (AvgIpc) is 2.51. The molecule has 1 fully saturated rings. The van der Waals surface area contributed by atoms with E-state index in [0.29, 0.717) is 11.1 Å². The van der Waals surface area contributed by atoms with Crippen LogP contribution >= 0.6 is 0 Å². The SMILES string of the molecule is Cc1cc(C)c(C)c(S(=O)(=O)NNC(=O)C2CCCCC2)c1C. The van der Waals surface area contributed by atoms with Crippen LogP contribution in [0.2, 0.25) is 0 Å². The summed E-state index contributed by atoms with van der Waals surface area (Å²) in [5.74, 6) is -0.319. The van der Waals surface area contributed by atoms with Crippen LogP contribution in [0.4, 0.5) is 0 Å². The van der Waals surface area contributed by atoms with Crippen molar-refractivity contribution < 1.29 is 13.2 Å². The molecule has 1 amide bonds. The molecule has 0 saturated heterocycles. The molecule has 0 aromatic heterocycles. The van der Waals surface area contributed by atoms with E-state index in [1.165, 1.54) is 0 Å². The van der Waals surface area contributed by atoms with Crippen LogP contribution < -0.4 is 10.3 Å². The fourth-order valence-electron chi connectivity index (χ4n) is 3.22. The van der Waals surface area contributed by atoms with E-state index in [1.54, 1.807) is 13.8 Å². The summed E-state index contributed by atoms with van der Waals surface area (Å²) >= 11 is 0. The summed E-state index contributed by atoms with van der Waals surface area (Å²) in [6.45, 7) is 7.36. The molecule has 0 heterocycles. The lowest BCUT2D eigenvalue weighted by atomic mass is 9.89. The van der Waals surface area contributed by atoms with Crippen LogP contribution in [0.3, 0.4) is 0 Å². The van der Waals surface area contributed by atoms with E-state index in [2.05, 4.69) is 10.3 Å². The van der Waals surface area contributed by atoms with Crippen LogP contribution in [0.25, 0.3) is 0 Å². The monoisotopic (exact) mass is 338 g/mol. The third kappa shape index (κ3) is 3.93. The smallest absolute Gasteiger partial charge is 0.257 e. The number of amides is 1. The number of hydrazine groups is 1. The predicted molar refractivity (Wildman–Crippen MR) is 90.4 cm³/mol. The second-order valence-electron chi connectivity index (χ2n) is 6.52. The van der Waals surface area contributed by atoms with Gasteiger partial charge in [-0.15, -0.1) is 4.83 Å². The number of nitrogens with one attached hydrogen (secondary N) is 2. The predicted octanol–water partition coefficient (Wildman–Crippen LogP) is 2.81. The maximum atomic E-state index is 12.6. The number of aryl methyl sites for hydroxylation is 2. The number of hydrogen-bond donors (Lipinski definition) is 2. The molecule has 0 bridgehead atoms. The Balaban J connectivity index is 2.18. The molecule has 6 heteroatoms. The summed E-state index contributed by atoms with van der Waals surface area (Å²) in [7, 11) is -3.78. The average molecular weight is 338 g/mol. The highest BCUT2D eigenvalue weighted by atomic mass is 32.2. The van der Waals surface area contributed by atoms with Crippen molar-refractivity contribution in [1.82, 2.24) is 10.3 Å². The van der Waals surface area contributed by atoms with Crippen molar-refractivity contribution >= 4 is 15.9 Å². The van der Waals surface area contributed by atoms with Gasteiger partial charge in [-0.3, -0.25) is 10.2 Å². The molecule has 2 N–H and O–H groups in total. The lowest BCUT2D eigenvalue weighted by molar-refractivity contribution is -0.126. The number of benzene rings is 1. The number of hydrogen-bond acceptors (Lipinski definition) is 3. The zero-order valence-electron chi connectivity index (χ0n) is 14.3. The number of sulfonamides is 1. The number of carbonyl (C=O) groups is 1. The van der Waals surface area contributed by atoms with E-state index < -0.39 is 10.0 Å². The van der Waals surface area contributed by atoms with Gasteiger partial charge < -0.3 is 0 Å². The van der Waals surface area contributed by atoms with E-state index in [4.69, 9.17) is 0 Å². The molecule has 1 saturated carbocycles. The van der Waals surface area contributed by atoms with Crippen LogP contribution in [0, 0.1) is 33.6 Å². The lowest BCUT2D eigenvalue weighted by Crippen LogP contribution is -2.45. The summed E-state index contributed by atoms with van der Waals surface area (Å²) in [4.78, 5) is 14.7. The van der Waals surface area contributed by atoms with E-state index in [0.717, 1.165) is 43.2 Å². The Hall–Kier alpha value is -1.40. The molecule has 1 aliphatic rings. The first-order valence-corrected chi connectivity index (χ1v) is 9.61. The molecule has 0 aliphatic heterocycles. The first-order chi connectivity index (χ1) is 10.7. The van der Waals surface area contributed by atoms with Crippen LogP contribution in [0.15, 0.2) is 11.0 Å². The quantitative estimate of drug-likeness (QED) is 0.829. The third-order valence-corrected chi connectivity index (χ3v) is 6.37. The molecule has 0 radical (unpaired) electrons. The summed E-state index contributed by atoms with van der Waals surface area (Å²) < 4.78 is 25.3. The Kier molecular flexibility index (Phi) is 5.47. The van der Waals surface area contributed by atoms with Crippen LogP contribution in [0.1, 0.15) is 54.4 Å². The standard InChI is InChI=1S/C17H26N2O3S/c1-11-10-12(2)14(4)16(13(11)3)23(21,22)19-18-17(20)15-8-6-5-7-9-15/h10,15,19H,5-9H2,1-4H3,(H,18,20). The largest absolute Gasteiger partial charge is 0.277 e. The molecule has 0 unspecified atom stereocenters. The minimum atomic E-state index is -3.78. The van der Waals surface area contributed by atoms with Gasteiger partial charge in [0.2, 0.25) is 5.91 Å². The second-order valence-corrected chi connectivity index (χ2v) is 8.14. The first kappa shape index (κ1) is 17.9. The molecule has 23 heavy (non-hydrogen) atoms. The molecule has 1 aromatic rings. The van der Waals surface area contributed by atoms with Gasteiger partial charge in [-0.2, -0.15) is 0 Å². The normalized spacial score (nSPS) is 16.3. The van der Waals surface area contributed by atoms with Crippen molar-refractivity contribution in [2.45, 2.75) is 64.7 Å². The second kappa shape index (κ2) is 7.01. The fourth-order valence-corrected chi connectivity index (χ4v) is 4.68. The zero-order valence-corrected chi connectivity index (χ0v) is 15.1. The lowest BCUT2D eigenvalue weighted by Gasteiger charge is -2.21. The topological polar surface area (TPSA) is 75.3 Å². The van der Waals surface area contributed by atoms with Gasteiger partial charge >= 0.3 is 0 Å². The van der Waals surface area contributed by atoms with Gasteiger partial charge in [-0.05, 0) is 62.8 Å². The minimum Gasteiger partial charge on any atom is -0.277 e. The first-order valence-electron chi connectivity index (χ1n) is 8.13. The molecular weight excluding hydrogens is 312 g/mol.